The van der Waals surface area contributed by atoms with Gasteiger partial charge in [-0.3, -0.25) is 0 Å². The standard InChI is InChI=1S/C11H12N2O/c1-7-3-4-8-9(12)5-6-10(14-2)11(8)13-7/h3-6H,12H2,1-2H3. The number of aromatic nitrogens is 1. The zero-order chi connectivity index (χ0) is 10.1. The first-order valence-corrected chi connectivity index (χ1v) is 4.42. The Labute approximate surface area is 82.5 Å². The molecule has 0 aliphatic heterocycles. The Morgan fingerprint density at radius 1 is 1.21 bits per heavy atom. The van der Waals surface area contributed by atoms with Crippen LogP contribution in [0.15, 0.2) is 24.3 Å². The van der Waals surface area contributed by atoms with Crippen molar-refractivity contribution in [2.24, 2.45) is 0 Å². The summed E-state index contributed by atoms with van der Waals surface area (Å²) in [6, 6.07) is 7.58. The number of benzene rings is 1. The zero-order valence-corrected chi connectivity index (χ0v) is 8.24. The Morgan fingerprint density at radius 3 is 2.71 bits per heavy atom. The third kappa shape index (κ3) is 1.27. The largest absolute Gasteiger partial charge is 0.494 e. The number of fused-ring (bicyclic) bond motifs is 1. The average molecular weight is 188 g/mol. The van der Waals surface area contributed by atoms with Crippen molar-refractivity contribution in [1.29, 1.82) is 0 Å². The molecule has 1 aromatic heterocycles. The minimum atomic E-state index is 0.730. The summed E-state index contributed by atoms with van der Waals surface area (Å²) in [4.78, 5) is 4.40. The highest BCUT2D eigenvalue weighted by Gasteiger charge is 2.05. The molecule has 0 bridgehead atoms. The topological polar surface area (TPSA) is 48.1 Å². The molecule has 0 saturated carbocycles. The molecular formula is C11H12N2O. The lowest BCUT2D eigenvalue weighted by Gasteiger charge is -2.07. The van der Waals surface area contributed by atoms with E-state index in [9.17, 15) is 0 Å². The Hall–Kier alpha value is -1.77. The summed E-state index contributed by atoms with van der Waals surface area (Å²) in [6.45, 7) is 1.95. The normalized spacial score (nSPS) is 10.4. The number of anilines is 1. The second-order valence-corrected chi connectivity index (χ2v) is 3.21. The van der Waals surface area contributed by atoms with E-state index in [1.165, 1.54) is 0 Å². The van der Waals surface area contributed by atoms with Crippen LogP contribution >= 0.6 is 0 Å². The molecule has 3 heteroatoms. The molecule has 1 heterocycles. The van der Waals surface area contributed by atoms with Gasteiger partial charge in [-0.05, 0) is 31.2 Å². The Kier molecular flexibility index (Phi) is 2.00. The molecular weight excluding hydrogens is 176 g/mol. The monoisotopic (exact) mass is 188 g/mol. The maximum Gasteiger partial charge on any atom is 0.145 e. The number of methoxy groups -OCH3 is 1. The summed E-state index contributed by atoms with van der Waals surface area (Å²) >= 11 is 0. The molecule has 0 unspecified atom stereocenters. The lowest BCUT2D eigenvalue weighted by atomic mass is 10.1. The number of pyridine rings is 1. The van der Waals surface area contributed by atoms with Crippen molar-refractivity contribution >= 4 is 16.6 Å². The average Bonchev–Trinajstić information content (AvgIpc) is 2.18. The predicted molar refractivity (Wildman–Crippen MR) is 57.4 cm³/mol. The van der Waals surface area contributed by atoms with Gasteiger partial charge in [0.15, 0.2) is 0 Å². The van der Waals surface area contributed by atoms with Gasteiger partial charge in [-0.1, -0.05) is 0 Å². The third-order valence-electron chi connectivity index (χ3n) is 2.21. The molecule has 3 nitrogen and oxygen atoms in total. The number of aryl methyl sites for hydroxylation is 1. The molecule has 72 valence electrons. The van der Waals surface area contributed by atoms with Crippen molar-refractivity contribution in [2.75, 3.05) is 12.8 Å². The van der Waals surface area contributed by atoms with Crippen LogP contribution in [0.4, 0.5) is 5.69 Å². The third-order valence-corrected chi connectivity index (χ3v) is 2.21. The van der Waals surface area contributed by atoms with Crippen LogP contribution in [0.3, 0.4) is 0 Å². The van der Waals surface area contributed by atoms with E-state index < -0.39 is 0 Å². The summed E-state index contributed by atoms with van der Waals surface area (Å²) < 4.78 is 5.22. The van der Waals surface area contributed by atoms with Gasteiger partial charge in [-0.25, -0.2) is 4.98 Å². The van der Waals surface area contributed by atoms with Gasteiger partial charge in [0.1, 0.15) is 11.3 Å². The maximum atomic E-state index is 5.83. The van der Waals surface area contributed by atoms with Gasteiger partial charge < -0.3 is 10.5 Å². The minimum absolute atomic E-state index is 0.730. The van der Waals surface area contributed by atoms with Crippen molar-refractivity contribution < 1.29 is 4.74 Å². The van der Waals surface area contributed by atoms with Crippen molar-refractivity contribution in [2.45, 2.75) is 6.92 Å². The first kappa shape index (κ1) is 8.81. The molecule has 0 spiro atoms. The van der Waals surface area contributed by atoms with Crippen molar-refractivity contribution in [1.82, 2.24) is 4.98 Å². The van der Waals surface area contributed by atoms with Gasteiger partial charge >= 0.3 is 0 Å². The quantitative estimate of drug-likeness (QED) is 0.697. The number of nitrogens with zero attached hydrogens (tertiary/aromatic N) is 1. The number of hydrogen-bond donors (Lipinski definition) is 1. The second-order valence-electron chi connectivity index (χ2n) is 3.21. The van der Waals surface area contributed by atoms with Gasteiger partial charge in [0.05, 0.1) is 7.11 Å². The Bertz CT molecular complexity index is 480. The van der Waals surface area contributed by atoms with Crippen LogP contribution in [0.25, 0.3) is 10.9 Å². The van der Waals surface area contributed by atoms with Crippen molar-refractivity contribution in [3.05, 3.63) is 30.0 Å². The number of hydrogen-bond acceptors (Lipinski definition) is 3. The highest BCUT2D eigenvalue weighted by molar-refractivity contribution is 5.94. The molecule has 0 fully saturated rings. The molecule has 0 aliphatic rings. The predicted octanol–water partition coefficient (Wildman–Crippen LogP) is 2.13. The van der Waals surface area contributed by atoms with Crippen LogP contribution in [0.1, 0.15) is 5.69 Å². The van der Waals surface area contributed by atoms with Crippen LogP contribution in [-0.2, 0) is 0 Å². The molecule has 2 N–H and O–H groups in total. The van der Waals surface area contributed by atoms with E-state index in [4.69, 9.17) is 10.5 Å². The van der Waals surface area contributed by atoms with Gasteiger partial charge in [-0.15, -0.1) is 0 Å². The molecule has 1 aromatic carbocycles. The van der Waals surface area contributed by atoms with E-state index in [1.807, 2.05) is 31.2 Å². The number of nitrogen functional groups attached to an aromatic ring is 1. The van der Waals surface area contributed by atoms with E-state index in [0.29, 0.717) is 0 Å². The van der Waals surface area contributed by atoms with Gasteiger partial charge in [-0.2, -0.15) is 0 Å². The van der Waals surface area contributed by atoms with Crippen LogP contribution in [-0.4, -0.2) is 12.1 Å². The first-order chi connectivity index (χ1) is 6.72. The van der Waals surface area contributed by atoms with Crippen LogP contribution < -0.4 is 10.5 Å². The summed E-state index contributed by atoms with van der Waals surface area (Å²) in [5.74, 6) is 0.762. The minimum Gasteiger partial charge on any atom is -0.494 e. The smallest absolute Gasteiger partial charge is 0.145 e. The van der Waals surface area contributed by atoms with E-state index in [-0.39, 0.29) is 0 Å². The second kappa shape index (κ2) is 3.18. The number of rotatable bonds is 1. The molecule has 0 radical (unpaired) electrons. The fraction of sp³-hybridized carbons (Fsp3) is 0.182. The van der Waals surface area contributed by atoms with E-state index >= 15 is 0 Å². The lowest BCUT2D eigenvalue weighted by molar-refractivity contribution is 0.419. The summed E-state index contributed by atoms with van der Waals surface area (Å²) in [5.41, 5.74) is 8.35. The summed E-state index contributed by atoms with van der Waals surface area (Å²) in [7, 11) is 1.63. The number of nitrogens with two attached hydrogens (primary N) is 1. The molecule has 14 heavy (non-hydrogen) atoms. The highest BCUT2D eigenvalue weighted by Crippen LogP contribution is 2.28. The maximum absolute atomic E-state index is 5.83. The Balaban J connectivity index is 2.85. The molecule has 2 rings (SSSR count). The SMILES string of the molecule is COc1ccc(N)c2ccc(C)nc12. The van der Waals surface area contributed by atoms with Crippen LogP contribution in [0.5, 0.6) is 5.75 Å². The molecule has 0 atom stereocenters. The lowest BCUT2D eigenvalue weighted by Crippen LogP contribution is -1.93. The number of ether oxygens (including phenoxy) is 1. The highest BCUT2D eigenvalue weighted by atomic mass is 16.5. The van der Waals surface area contributed by atoms with Crippen LogP contribution in [0.2, 0.25) is 0 Å². The fourth-order valence-electron chi connectivity index (χ4n) is 1.48. The van der Waals surface area contributed by atoms with Crippen molar-refractivity contribution in [3.8, 4) is 5.75 Å². The first-order valence-electron chi connectivity index (χ1n) is 4.42. The molecule has 2 aromatic rings. The van der Waals surface area contributed by atoms with Gasteiger partial charge in [0.25, 0.3) is 0 Å². The summed E-state index contributed by atoms with van der Waals surface area (Å²) in [5, 5.41) is 0.940. The Morgan fingerprint density at radius 2 is 2.00 bits per heavy atom. The van der Waals surface area contributed by atoms with Crippen molar-refractivity contribution in [3.63, 3.8) is 0 Å². The van der Waals surface area contributed by atoms with Gasteiger partial charge in [0.2, 0.25) is 0 Å². The molecule has 0 aliphatic carbocycles. The van der Waals surface area contributed by atoms with Crippen LogP contribution in [0, 0.1) is 6.92 Å². The van der Waals surface area contributed by atoms with E-state index in [0.717, 1.165) is 28.0 Å². The molecule has 0 amide bonds. The van der Waals surface area contributed by atoms with E-state index in [2.05, 4.69) is 4.98 Å². The van der Waals surface area contributed by atoms with Gasteiger partial charge in [0, 0.05) is 16.8 Å². The fourth-order valence-corrected chi connectivity index (χ4v) is 1.48. The molecule has 0 saturated heterocycles. The summed E-state index contributed by atoms with van der Waals surface area (Å²) in [6.07, 6.45) is 0. The zero-order valence-electron chi connectivity index (χ0n) is 8.24. The van der Waals surface area contributed by atoms with E-state index in [1.54, 1.807) is 7.11 Å².